The van der Waals surface area contributed by atoms with E-state index in [1.165, 1.54) is 0 Å². The molecule has 0 aliphatic carbocycles. The monoisotopic (exact) mass is 206 g/mol. The Balaban J connectivity index is 2.84. The fourth-order valence-electron chi connectivity index (χ4n) is 0.802. The third kappa shape index (κ3) is 3.26. The lowest BCUT2D eigenvalue weighted by atomic mass is 10.2. The minimum Gasteiger partial charge on any atom is -0.413 e. The highest BCUT2D eigenvalue weighted by Crippen LogP contribution is 2.47. The first-order chi connectivity index (χ1) is 5.47. The second-order valence-corrected chi connectivity index (χ2v) is 4.73. The molecule has 0 bridgehead atoms. The summed E-state index contributed by atoms with van der Waals surface area (Å²) >= 11 is 5.01. The predicted molar refractivity (Wildman–Crippen MR) is 47.5 cm³/mol. The largest absolute Gasteiger partial charge is 0.474 e. The van der Waals surface area contributed by atoms with Crippen molar-refractivity contribution in [2.75, 3.05) is 0 Å². The summed E-state index contributed by atoms with van der Waals surface area (Å²) in [7, 11) is 0. The lowest BCUT2D eigenvalue weighted by molar-refractivity contribution is 0.401. The van der Waals surface area contributed by atoms with Crippen LogP contribution < -0.4 is 4.52 Å². The Morgan fingerprint density at radius 1 is 1.58 bits per heavy atom. The minimum atomic E-state index is -3.94. The molecule has 1 N–H and O–H groups in total. The van der Waals surface area contributed by atoms with Crippen molar-refractivity contribution in [3.05, 3.63) is 29.8 Å². The van der Waals surface area contributed by atoms with Crippen LogP contribution in [0.1, 0.15) is 5.56 Å². The van der Waals surface area contributed by atoms with Gasteiger partial charge in [-0.05, 0) is 24.6 Å². The normalized spacial score (nSPS) is 15.2. The first-order valence-electron chi connectivity index (χ1n) is 3.26. The van der Waals surface area contributed by atoms with Gasteiger partial charge in [-0.3, -0.25) is 0 Å². The number of aryl methyl sites for hydroxylation is 1. The topological polar surface area (TPSA) is 46.5 Å². The molecule has 0 aliphatic heterocycles. The van der Waals surface area contributed by atoms with E-state index >= 15 is 0 Å². The van der Waals surface area contributed by atoms with E-state index in [0.29, 0.717) is 5.75 Å². The minimum absolute atomic E-state index is 0.302. The molecule has 3 nitrogen and oxygen atoms in total. The van der Waals surface area contributed by atoms with Gasteiger partial charge < -0.3 is 9.42 Å². The van der Waals surface area contributed by atoms with E-state index in [2.05, 4.69) is 4.52 Å². The zero-order valence-electron chi connectivity index (χ0n) is 6.40. The molecular weight excluding hydrogens is 199 g/mol. The maximum Gasteiger partial charge on any atom is 0.474 e. The van der Waals surface area contributed by atoms with E-state index in [1.54, 1.807) is 18.2 Å². The van der Waals surface area contributed by atoms with Crippen molar-refractivity contribution < 1.29 is 14.0 Å². The summed E-state index contributed by atoms with van der Waals surface area (Å²) in [4.78, 5) is 8.66. The molecule has 0 aromatic heterocycles. The van der Waals surface area contributed by atoms with Crippen LogP contribution in [0, 0.1) is 6.92 Å². The SMILES string of the molecule is Cc1cccc(OP(=O)(O)Cl)c1. The zero-order chi connectivity index (χ0) is 9.19. The van der Waals surface area contributed by atoms with E-state index in [9.17, 15) is 4.57 Å². The van der Waals surface area contributed by atoms with E-state index < -0.39 is 6.95 Å². The third-order valence-corrected chi connectivity index (χ3v) is 1.85. The van der Waals surface area contributed by atoms with Crippen LogP contribution in [0.3, 0.4) is 0 Å². The van der Waals surface area contributed by atoms with Gasteiger partial charge >= 0.3 is 6.95 Å². The average Bonchev–Trinajstić information content (AvgIpc) is 1.82. The van der Waals surface area contributed by atoms with Crippen molar-refractivity contribution in [1.82, 2.24) is 0 Å². The van der Waals surface area contributed by atoms with Crippen LogP contribution in [0.25, 0.3) is 0 Å². The van der Waals surface area contributed by atoms with Crippen molar-refractivity contribution in [2.45, 2.75) is 6.92 Å². The molecule has 0 aliphatic rings. The molecule has 66 valence electrons. The average molecular weight is 207 g/mol. The van der Waals surface area contributed by atoms with E-state index in [4.69, 9.17) is 16.1 Å². The summed E-state index contributed by atoms with van der Waals surface area (Å²) in [6, 6.07) is 6.77. The Bertz CT molecular complexity index is 320. The van der Waals surface area contributed by atoms with Crippen molar-refractivity contribution in [1.29, 1.82) is 0 Å². The molecule has 0 spiro atoms. The van der Waals surface area contributed by atoms with Gasteiger partial charge in [0, 0.05) is 11.2 Å². The molecule has 5 heteroatoms. The Kier molecular flexibility index (Phi) is 2.78. The van der Waals surface area contributed by atoms with Crippen molar-refractivity contribution in [3.8, 4) is 5.75 Å². The molecular formula is C7H8ClO3P. The second-order valence-electron chi connectivity index (χ2n) is 2.36. The summed E-state index contributed by atoms with van der Waals surface area (Å²) in [5.41, 5.74) is 0.942. The Morgan fingerprint density at radius 2 is 2.25 bits per heavy atom. The van der Waals surface area contributed by atoms with Crippen LogP contribution in [-0.2, 0) is 4.57 Å². The van der Waals surface area contributed by atoms with Gasteiger partial charge in [0.05, 0.1) is 0 Å². The predicted octanol–water partition coefficient (Wildman–Crippen LogP) is 2.71. The molecule has 1 rings (SSSR count). The highest BCUT2D eigenvalue weighted by Gasteiger charge is 2.15. The van der Waals surface area contributed by atoms with E-state index in [-0.39, 0.29) is 0 Å². The van der Waals surface area contributed by atoms with Gasteiger partial charge in [-0.2, -0.15) is 0 Å². The van der Waals surface area contributed by atoms with Crippen LogP contribution in [0.15, 0.2) is 24.3 Å². The molecule has 1 aromatic rings. The summed E-state index contributed by atoms with van der Waals surface area (Å²) < 4.78 is 15.2. The smallest absolute Gasteiger partial charge is 0.413 e. The van der Waals surface area contributed by atoms with Gasteiger partial charge in [-0.1, -0.05) is 12.1 Å². The molecule has 1 atom stereocenters. The first-order valence-corrected chi connectivity index (χ1v) is 5.74. The van der Waals surface area contributed by atoms with Crippen LogP contribution in [0.2, 0.25) is 0 Å². The quantitative estimate of drug-likeness (QED) is 0.757. The van der Waals surface area contributed by atoms with Crippen molar-refractivity contribution in [2.24, 2.45) is 0 Å². The number of benzene rings is 1. The molecule has 1 unspecified atom stereocenters. The standard InChI is InChI=1S/C7H8ClO3P/c1-6-3-2-4-7(5-6)11-12(8,9)10/h2-5H,1H3,(H,9,10). The fourth-order valence-corrected chi connectivity index (χ4v) is 1.41. The zero-order valence-corrected chi connectivity index (χ0v) is 8.05. The number of hydrogen-bond acceptors (Lipinski definition) is 2. The summed E-state index contributed by atoms with van der Waals surface area (Å²) in [5.74, 6) is 0.302. The highest BCUT2D eigenvalue weighted by atomic mass is 35.7. The Hall–Kier alpha value is -0.500. The van der Waals surface area contributed by atoms with Crippen LogP contribution in [-0.4, -0.2) is 4.89 Å². The summed E-state index contributed by atoms with van der Waals surface area (Å²) in [6.07, 6.45) is 0. The van der Waals surface area contributed by atoms with E-state index in [1.807, 2.05) is 13.0 Å². The van der Waals surface area contributed by atoms with Gasteiger partial charge in [0.2, 0.25) is 0 Å². The molecule has 12 heavy (non-hydrogen) atoms. The van der Waals surface area contributed by atoms with Crippen LogP contribution in [0.4, 0.5) is 0 Å². The van der Waals surface area contributed by atoms with Gasteiger partial charge in [-0.15, -0.1) is 0 Å². The lowest BCUT2D eigenvalue weighted by Crippen LogP contribution is -1.85. The number of rotatable bonds is 2. The van der Waals surface area contributed by atoms with Crippen LogP contribution in [0.5, 0.6) is 5.75 Å². The molecule has 0 radical (unpaired) electrons. The molecule has 0 saturated carbocycles. The third-order valence-electron chi connectivity index (χ3n) is 1.21. The van der Waals surface area contributed by atoms with Crippen molar-refractivity contribution >= 4 is 18.2 Å². The van der Waals surface area contributed by atoms with Gasteiger partial charge in [0.15, 0.2) is 0 Å². The summed E-state index contributed by atoms with van der Waals surface area (Å²) in [6.45, 7) is -2.08. The molecule has 1 aromatic carbocycles. The van der Waals surface area contributed by atoms with Crippen molar-refractivity contribution in [3.63, 3.8) is 0 Å². The van der Waals surface area contributed by atoms with Gasteiger partial charge in [0.25, 0.3) is 0 Å². The molecule has 0 heterocycles. The maximum absolute atomic E-state index is 10.6. The highest BCUT2D eigenvalue weighted by molar-refractivity contribution is 7.80. The molecule has 0 saturated heterocycles. The Morgan fingerprint density at radius 3 is 2.75 bits per heavy atom. The fraction of sp³-hybridized carbons (Fsp3) is 0.143. The maximum atomic E-state index is 10.6. The Labute approximate surface area is 75.3 Å². The van der Waals surface area contributed by atoms with Gasteiger partial charge in [0.1, 0.15) is 5.75 Å². The molecule has 0 fully saturated rings. The van der Waals surface area contributed by atoms with Gasteiger partial charge in [-0.25, -0.2) is 4.57 Å². The van der Waals surface area contributed by atoms with Crippen LogP contribution >= 0.6 is 18.2 Å². The van der Waals surface area contributed by atoms with E-state index in [0.717, 1.165) is 5.56 Å². The lowest BCUT2D eigenvalue weighted by Gasteiger charge is -2.05. The summed E-state index contributed by atoms with van der Waals surface area (Å²) in [5, 5.41) is 0. The first kappa shape index (κ1) is 9.59. The number of hydrogen-bond donors (Lipinski definition) is 1. The number of halogens is 1. The second kappa shape index (κ2) is 3.48. The molecule has 0 amide bonds.